The molecule has 5 heteroatoms. The van der Waals surface area contributed by atoms with Crippen molar-refractivity contribution in [1.82, 2.24) is 0 Å². The quantitative estimate of drug-likeness (QED) is 0.617. The molecule has 0 bridgehead atoms. The number of carbonyl (C=O) groups is 1. The van der Waals surface area contributed by atoms with Crippen molar-refractivity contribution in [3.8, 4) is 0 Å². The summed E-state index contributed by atoms with van der Waals surface area (Å²) in [5.41, 5.74) is 0.993. The number of hydrogen-bond donors (Lipinski definition) is 0. The van der Waals surface area contributed by atoms with Gasteiger partial charge >= 0.3 is 5.97 Å². The van der Waals surface area contributed by atoms with Gasteiger partial charge in [0.1, 0.15) is 25.1 Å². The van der Waals surface area contributed by atoms with E-state index in [-0.39, 0.29) is 31.1 Å². The summed E-state index contributed by atoms with van der Waals surface area (Å²) in [6.45, 7) is 0.127. The summed E-state index contributed by atoms with van der Waals surface area (Å²) in [6, 6.07) is 9.76. The molecule has 1 aromatic carbocycles. The molecule has 0 radical (unpaired) electrons. The zero-order chi connectivity index (χ0) is 13.9. The third-order valence-corrected chi connectivity index (χ3v) is 3.43. The van der Waals surface area contributed by atoms with Gasteiger partial charge in [-0.15, -0.1) is 0 Å². The summed E-state index contributed by atoms with van der Waals surface area (Å²) in [5.74, 6) is -0.366. The highest BCUT2D eigenvalue weighted by Gasteiger charge is 2.48. The van der Waals surface area contributed by atoms with Crippen molar-refractivity contribution in [3.05, 3.63) is 48.0 Å². The zero-order valence-corrected chi connectivity index (χ0v) is 11.1. The van der Waals surface area contributed by atoms with Crippen LogP contribution in [0.15, 0.2) is 42.5 Å². The summed E-state index contributed by atoms with van der Waals surface area (Å²) in [6.07, 6.45) is 1.74. The van der Waals surface area contributed by atoms with Crippen LogP contribution in [0.1, 0.15) is 11.7 Å². The van der Waals surface area contributed by atoms with Crippen molar-refractivity contribution in [2.45, 2.75) is 24.4 Å². The first-order valence-corrected chi connectivity index (χ1v) is 6.49. The van der Waals surface area contributed by atoms with E-state index in [1.807, 2.05) is 30.3 Å². The van der Waals surface area contributed by atoms with E-state index in [4.69, 9.17) is 18.9 Å². The molecule has 0 spiro atoms. The first-order valence-electron chi connectivity index (χ1n) is 6.49. The number of rotatable bonds is 4. The highest BCUT2D eigenvalue weighted by Crippen LogP contribution is 2.38. The fourth-order valence-corrected chi connectivity index (χ4v) is 2.56. The van der Waals surface area contributed by atoms with Crippen LogP contribution in [-0.2, 0) is 23.7 Å². The van der Waals surface area contributed by atoms with Gasteiger partial charge in [-0.1, -0.05) is 30.3 Å². The van der Waals surface area contributed by atoms with Crippen LogP contribution in [0.2, 0.25) is 0 Å². The van der Waals surface area contributed by atoms with E-state index in [9.17, 15) is 4.79 Å². The van der Waals surface area contributed by atoms with E-state index in [1.165, 1.54) is 6.08 Å². The minimum atomic E-state index is -0.437. The van der Waals surface area contributed by atoms with Crippen LogP contribution in [-0.4, -0.2) is 38.2 Å². The maximum absolute atomic E-state index is 11.4. The molecule has 3 rings (SSSR count). The third kappa shape index (κ3) is 2.47. The molecule has 1 saturated heterocycles. The molecule has 0 amide bonds. The number of fused-ring (bicyclic) bond motifs is 1. The lowest BCUT2D eigenvalue weighted by molar-refractivity contribution is -0.158. The van der Waals surface area contributed by atoms with Gasteiger partial charge in [0.25, 0.3) is 0 Å². The Labute approximate surface area is 117 Å². The van der Waals surface area contributed by atoms with E-state index in [2.05, 4.69) is 0 Å². The van der Waals surface area contributed by atoms with Gasteiger partial charge in [0.05, 0.1) is 0 Å². The van der Waals surface area contributed by atoms with Crippen LogP contribution in [0.3, 0.4) is 0 Å². The maximum atomic E-state index is 11.4. The Bertz CT molecular complexity index is 498. The lowest BCUT2D eigenvalue weighted by Gasteiger charge is -2.24. The van der Waals surface area contributed by atoms with Crippen molar-refractivity contribution in [3.63, 3.8) is 0 Å². The molecule has 2 heterocycles. The topological polar surface area (TPSA) is 54.0 Å². The van der Waals surface area contributed by atoms with Crippen LogP contribution in [0.5, 0.6) is 0 Å². The number of carbonyl (C=O) groups excluding carboxylic acids is 1. The predicted octanol–water partition coefficient (Wildman–Crippen LogP) is 1.60. The van der Waals surface area contributed by atoms with Gasteiger partial charge in [-0.2, -0.15) is 0 Å². The second-order valence-corrected chi connectivity index (χ2v) is 4.73. The predicted molar refractivity (Wildman–Crippen MR) is 69.8 cm³/mol. The molecule has 2 aliphatic rings. The Balaban J connectivity index is 1.86. The van der Waals surface area contributed by atoms with Gasteiger partial charge in [-0.25, -0.2) is 4.79 Å². The minimum Gasteiger partial charge on any atom is -0.453 e. The van der Waals surface area contributed by atoms with Crippen molar-refractivity contribution >= 4 is 5.97 Å². The fraction of sp³-hybridized carbons (Fsp3) is 0.400. The lowest BCUT2D eigenvalue weighted by atomic mass is 10.0. The van der Waals surface area contributed by atoms with Crippen LogP contribution in [0.25, 0.3) is 0 Å². The number of methoxy groups -OCH3 is 1. The van der Waals surface area contributed by atoms with E-state index >= 15 is 0 Å². The van der Waals surface area contributed by atoms with Crippen LogP contribution < -0.4 is 0 Å². The van der Waals surface area contributed by atoms with E-state index in [0.29, 0.717) is 0 Å². The zero-order valence-electron chi connectivity index (χ0n) is 11.1. The largest absolute Gasteiger partial charge is 0.453 e. The summed E-state index contributed by atoms with van der Waals surface area (Å²) in [4.78, 5) is 11.4. The standard InChI is InChI=1S/C15H16O5/c1-17-9-18-15-13(10-5-3-2-4-6-10)19-11-7-8-12(16)20-14(11)15/h2-8,11,13-15H,9H2,1H3/t11-,13+,14+,15+/m0/s1. The monoisotopic (exact) mass is 276 g/mol. The summed E-state index contributed by atoms with van der Waals surface area (Å²) < 4.78 is 21.9. The average Bonchev–Trinajstić information content (AvgIpc) is 2.84. The van der Waals surface area contributed by atoms with Crippen LogP contribution in [0, 0.1) is 0 Å². The second kappa shape index (κ2) is 5.75. The van der Waals surface area contributed by atoms with Crippen molar-refractivity contribution in [1.29, 1.82) is 0 Å². The summed E-state index contributed by atoms with van der Waals surface area (Å²) >= 11 is 0. The maximum Gasteiger partial charge on any atom is 0.330 e. The van der Waals surface area contributed by atoms with Gasteiger partial charge in [-0.05, 0) is 11.6 Å². The first kappa shape index (κ1) is 13.3. The summed E-state index contributed by atoms with van der Waals surface area (Å²) in [7, 11) is 1.55. The molecule has 4 atom stereocenters. The van der Waals surface area contributed by atoms with Gasteiger partial charge in [0, 0.05) is 13.2 Å². The Hall–Kier alpha value is -1.69. The average molecular weight is 276 g/mol. The number of esters is 1. The Morgan fingerprint density at radius 1 is 1.25 bits per heavy atom. The molecule has 1 fully saturated rings. The van der Waals surface area contributed by atoms with Crippen LogP contribution >= 0.6 is 0 Å². The van der Waals surface area contributed by atoms with Gasteiger partial charge in [-0.3, -0.25) is 0 Å². The molecule has 0 unspecified atom stereocenters. The normalized spacial score (nSPS) is 31.9. The number of benzene rings is 1. The SMILES string of the molecule is COCO[C@H]1[C@@H]2OC(=O)C=C[C@@H]2O[C@@H]1c1ccccc1. The van der Waals surface area contributed by atoms with Crippen LogP contribution in [0.4, 0.5) is 0 Å². The molecule has 2 aliphatic heterocycles. The molecule has 0 N–H and O–H groups in total. The molecule has 20 heavy (non-hydrogen) atoms. The Morgan fingerprint density at radius 3 is 2.80 bits per heavy atom. The lowest BCUT2D eigenvalue weighted by Crippen LogP contribution is -2.39. The molecule has 106 valence electrons. The van der Waals surface area contributed by atoms with Gasteiger partial charge < -0.3 is 18.9 Å². The Kier molecular flexibility index (Phi) is 3.82. The molecule has 5 nitrogen and oxygen atoms in total. The second-order valence-electron chi connectivity index (χ2n) is 4.73. The number of hydrogen-bond acceptors (Lipinski definition) is 5. The van der Waals surface area contributed by atoms with E-state index in [1.54, 1.807) is 13.2 Å². The molecule has 1 aromatic rings. The van der Waals surface area contributed by atoms with Crippen molar-refractivity contribution in [2.75, 3.05) is 13.9 Å². The highest BCUT2D eigenvalue weighted by atomic mass is 16.7. The molecule has 0 saturated carbocycles. The minimum absolute atomic E-state index is 0.127. The number of ether oxygens (including phenoxy) is 4. The fourth-order valence-electron chi connectivity index (χ4n) is 2.56. The molecular formula is C15H16O5. The molecule has 0 aliphatic carbocycles. The molecular weight excluding hydrogens is 260 g/mol. The van der Waals surface area contributed by atoms with Gasteiger partial charge in [0.15, 0.2) is 6.10 Å². The summed E-state index contributed by atoms with van der Waals surface area (Å²) in [5, 5.41) is 0. The smallest absolute Gasteiger partial charge is 0.330 e. The molecule has 0 aromatic heterocycles. The first-order chi connectivity index (χ1) is 9.79. The third-order valence-electron chi connectivity index (χ3n) is 3.43. The Morgan fingerprint density at radius 2 is 2.05 bits per heavy atom. The van der Waals surface area contributed by atoms with Crippen molar-refractivity contribution in [2.24, 2.45) is 0 Å². The highest BCUT2D eigenvalue weighted by molar-refractivity contribution is 5.83. The van der Waals surface area contributed by atoms with Crippen molar-refractivity contribution < 1.29 is 23.7 Å². The van der Waals surface area contributed by atoms with Gasteiger partial charge in [0.2, 0.25) is 0 Å². The van der Waals surface area contributed by atoms with E-state index < -0.39 is 6.10 Å². The van der Waals surface area contributed by atoms with E-state index in [0.717, 1.165) is 5.56 Å².